The molecular formula is C17H20N2O3. The summed E-state index contributed by atoms with van der Waals surface area (Å²) in [6.07, 6.45) is 1.66. The molecule has 1 aromatic carbocycles. The van der Waals surface area contributed by atoms with Gasteiger partial charge in [-0.2, -0.15) is 0 Å². The molecule has 1 heterocycles. The van der Waals surface area contributed by atoms with E-state index >= 15 is 0 Å². The van der Waals surface area contributed by atoms with Gasteiger partial charge in [0, 0.05) is 11.8 Å². The van der Waals surface area contributed by atoms with Gasteiger partial charge >= 0.3 is 0 Å². The molecule has 1 amide bonds. The molecule has 116 valence electrons. The van der Waals surface area contributed by atoms with E-state index in [1.165, 1.54) is 0 Å². The smallest absolute Gasteiger partial charge is 0.256 e. The molecule has 0 aliphatic heterocycles. The van der Waals surface area contributed by atoms with Gasteiger partial charge in [-0.05, 0) is 56.7 Å². The summed E-state index contributed by atoms with van der Waals surface area (Å²) in [5.74, 6) is 1.49. The van der Waals surface area contributed by atoms with Crippen molar-refractivity contribution in [1.82, 2.24) is 4.98 Å². The van der Waals surface area contributed by atoms with Crippen molar-refractivity contribution in [1.29, 1.82) is 0 Å². The second-order valence-corrected chi connectivity index (χ2v) is 4.70. The number of nitrogens with one attached hydrogen (secondary N) is 1. The lowest BCUT2D eigenvalue weighted by Gasteiger charge is -2.12. The fourth-order valence-corrected chi connectivity index (χ4v) is 1.99. The zero-order chi connectivity index (χ0) is 15.9. The Bertz CT molecular complexity index is 656. The summed E-state index contributed by atoms with van der Waals surface area (Å²) in [5.41, 5.74) is 1.53. The predicted molar refractivity (Wildman–Crippen MR) is 85.7 cm³/mol. The molecule has 1 N–H and O–H groups in total. The minimum atomic E-state index is -0.234. The molecule has 0 spiro atoms. The van der Waals surface area contributed by atoms with Gasteiger partial charge in [0.1, 0.15) is 5.82 Å². The Balaban J connectivity index is 2.20. The van der Waals surface area contributed by atoms with Crippen LogP contribution in [0, 0.1) is 6.92 Å². The van der Waals surface area contributed by atoms with Gasteiger partial charge in [0.05, 0.1) is 13.2 Å². The van der Waals surface area contributed by atoms with E-state index in [2.05, 4.69) is 10.3 Å². The van der Waals surface area contributed by atoms with Crippen LogP contribution in [0.2, 0.25) is 0 Å². The highest BCUT2D eigenvalue weighted by Crippen LogP contribution is 2.28. The monoisotopic (exact) mass is 300 g/mol. The van der Waals surface area contributed by atoms with Gasteiger partial charge in [0.15, 0.2) is 11.5 Å². The molecule has 22 heavy (non-hydrogen) atoms. The lowest BCUT2D eigenvalue weighted by Crippen LogP contribution is -2.13. The molecule has 0 aliphatic carbocycles. The third kappa shape index (κ3) is 3.97. The SMILES string of the molecule is CCOc1ccc(C(=O)Nc2cc(C)ccn2)cc1OCC. The van der Waals surface area contributed by atoms with Gasteiger partial charge in [-0.1, -0.05) is 0 Å². The van der Waals surface area contributed by atoms with Crippen LogP contribution >= 0.6 is 0 Å². The van der Waals surface area contributed by atoms with E-state index in [1.807, 2.05) is 32.9 Å². The van der Waals surface area contributed by atoms with Crippen LogP contribution in [0.1, 0.15) is 29.8 Å². The second kappa shape index (κ2) is 7.45. The van der Waals surface area contributed by atoms with Crippen molar-refractivity contribution >= 4 is 11.7 Å². The van der Waals surface area contributed by atoms with Gasteiger partial charge in [-0.3, -0.25) is 4.79 Å². The predicted octanol–water partition coefficient (Wildman–Crippen LogP) is 3.44. The standard InChI is InChI=1S/C17H20N2O3/c1-4-21-14-7-6-13(11-15(14)22-5-2)17(20)19-16-10-12(3)8-9-18-16/h6-11H,4-5H2,1-3H3,(H,18,19,20). The van der Waals surface area contributed by atoms with Crippen molar-refractivity contribution in [2.45, 2.75) is 20.8 Å². The lowest BCUT2D eigenvalue weighted by atomic mass is 10.2. The first-order valence-corrected chi connectivity index (χ1v) is 7.27. The van der Waals surface area contributed by atoms with E-state index in [1.54, 1.807) is 24.4 Å². The number of nitrogens with zero attached hydrogens (tertiary/aromatic N) is 1. The molecule has 0 fully saturated rings. The van der Waals surface area contributed by atoms with E-state index < -0.39 is 0 Å². The zero-order valence-electron chi connectivity index (χ0n) is 13.1. The van der Waals surface area contributed by atoms with E-state index in [-0.39, 0.29) is 5.91 Å². The summed E-state index contributed by atoms with van der Waals surface area (Å²) in [6.45, 7) is 6.78. The maximum absolute atomic E-state index is 12.3. The van der Waals surface area contributed by atoms with E-state index in [0.717, 1.165) is 5.56 Å². The number of anilines is 1. The van der Waals surface area contributed by atoms with Crippen LogP contribution in [0.4, 0.5) is 5.82 Å². The molecule has 2 aromatic rings. The average Bonchev–Trinajstić information content (AvgIpc) is 2.49. The first kappa shape index (κ1) is 15.8. The average molecular weight is 300 g/mol. The molecule has 0 saturated carbocycles. The maximum atomic E-state index is 12.3. The van der Waals surface area contributed by atoms with E-state index in [4.69, 9.17) is 9.47 Å². The fourth-order valence-electron chi connectivity index (χ4n) is 1.99. The number of hydrogen-bond donors (Lipinski definition) is 1. The number of carbonyl (C=O) groups is 1. The summed E-state index contributed by atoms with van der Waals surface area (Å²) >= 11 is 0. The number of benzene rings is 1. The molecular weight excluding hydrogens is 280 g/mol. The normalized spacial score (nSPS) is 10.1. The van der Waals surface area contributed by atoms with Crippen LogP contribution in [0.5, 0.6) is 11.5 Å². The third-order valence-electron chi connectivity index (χ3n) is 2.96. The van der Waals surface area contributed by atoms with Crippen LogP contribution < -0.4 is 14.8 Å². The molecule has 0 atom stereocenters. The Kier molecular flexibility index (Phi) is 5.36. The summed E-state index contributed by atoms with van der Waals surface area (Å²) < 4.78 is 11.0. The summed E-state index contributed by atoms with van der Waals surface area (Å²) in [7, 11) is 0. The highest BCUT2D eigenvalue weighted by atomic mass is 16.5. The summed E-state index contributed by atoms with van der Waals surface area (Å²) in [6, 6.07) is 8.82. The van der Waals surface area contributed by atoms with Crippen molar-refractivity contribution in [3.8, 4) is 11.5 Å². The fraction of sp³-hybridized carbons (Fsp3) is 0.294. The largest absolute Gasteiger partial charge is 0.490 e. The quantitative estimate of drug-likeness (QED) is 0.887. The number of pyridine rings is 1. The van der Waals surface area contributed by atoms with Crippen molar-refractivity contribution in [2.75, 3.05) is 18.5 Å². The van der Waals surface area contributed by atoms with Crippen molar-refractivity contribution in [3.05, 3.63) is 47.7 Å². The zero-order valence-corrected chi connectivity index (χ0v) is 13.1. The molecule has 1 aromatic heterocycles. The molecule has 0 unspecified atom stereocenters. The Morgan fingerprint density at radius 2 is 1.82 bits per heavy atom. The Morgan fingerprint density at radius 1 is 1.09 bits per heavy atom. The maximum Gasteiger partial charge on any atom is 0.256 e. The van der Waals surface area contributed by atoms with Crippen LogP contribution in [0.15, 0.2) is 36.5 Å². The Morgan fingerprint density at radius 3 is 2.50 bits per heavy atom. The Labute approximate surface area is 130 Å². The van der Waals surface area contributed by atoms with Gasteiger partial charge in [0.25, 0.3) is 5.91 Å². The highest BCUT2D eigenvalue weighted by Gasteiger charge is 2.12. The summed E-state index contributed by atoms with van der Waals surface area (Å²) in [5, 5.41) is 2.77. The molecule has 0 radical (unpaired) electrons. The second-order valence-electron chi connectivity index (χ2n) is 4.70. The molecule has 0 aliphatic rings. The van der Waals surface area contributed by atoms with Crippen molar-refractivity contribution < 1.29 is 14.3 Å². The molecule has 2 rings (SSSR count). The summed E-state index contributed by atoms with van der Waals surface area (Å²) in [4.78, 5) is 16.4. The van der Waals surface area contributed by atoms with Gasteiger partial charge in [-0.25, -0.2) is 4.98 Å². The van der Waals surface area contributed by atoms with Crippen molar-refractivity contribution in [2.24, 2.45) is 0 Å². The number of aryl methyl sites for hydroxylation is 1. The van der Waals surface area contributed by atoms with E-state index in [9.17, 15) is 4.79 Å². The first-order chi connectivity index (χ1) is 10.6. The van der Waals surface area contributed by atoms with Crippen LogP contribution in [0.25, 0.3) is 0 Å². The number of ether oxygens (including phenoxy) is 2. The van der Waals surface area contributed by atoms with Crippen LogP contribution in [0.3, 0.4) is 0 Å². The molecule has 0 saturated heterocycles. The van der Waals surface area contributed by atoms with Crippen LogP contribution in [-0.2, 0) is 0 Å². The number of carbonyl (C=O) groups excluding carboxylic acids is 1. The number of hydrogen-bond acceptors (Lipinski definition) is 4. The first-order valence-electron chi connectivity index (χ1n) is 7.27. The molecule has 5 nitrogen and oxygen atoms in total. The molecule has 0 bridgehead atoms. The third-order valence-corrected chi connectivity index (χ3v) is 2.96. The van der Waals surface area contributed by atoms with Gasteiger partial charge < -0.3 is 14.8 Å². The topological polar surface area (TPSA) is 60.5 Å². The van der Waals surface area contributed by atoms with Crippen molar-refractivity contribution in [3.63, 3.8) is 0 Å². The minimum Gasteiger partial charge on any atom is -0.490 e. The number of rotatable bonds is 6. The highest BCUT2D eigenvalue weighted by molar-refractivity contribution is 6.04. The van der Waals surface area contributed by atoms with Gasteiger partial charge in [0.2, 0.25) is 0 Å². The lowest BCUT2D eigenvalue weighted by molar-refractivity contribution is 0.102. The van der Waals surface area contributed by atoms with E-state index in [0.29, 0.717) is 36.1 Å². The number of aromatic nitrogens is 1. The number of amides is 1. The minimum absolute atomic E-state index is 0.234. The Hall–Kier alpha value is -2.56. The van der Waals surface area contributed by atoms with Gasteiger partial charge in [-0.15, -0.1) is 0 Å². The molecule has 5 heteroatoms. The van der Waals surface area contributed by atoms with Crippen LogP contribution in [-0.4, -0.2) is 24.1 Å².